The summed E-state index contributed by atoms with van der Waals surface area (Å²) in [5.74, 6) is 0.514. The van der Waals surface area contributed by atoms with Gasteiger partial charge in [-0.05, 0) is 6.07 Å². The Hall–Kier alpha value is -1.12. The van der Waals surface area contributed by atoms with Crippen LogP contribution >= 0.6 is 0 Å². The molecule has 3 heteroatoms. The molecule has 0 saturated heterocycles. The highest BCUT2D eigenvalue weighted by atomic mass is 19.2. The second kappa shape index (κ2) is 2.44. The fourth-order valence-electron chi connectivity index (χ4n) is 0.548. The van der Waals surface area contributed by atoms with Crippen molar-refractivity contribution in [1.29, 1.82) is 0 Å². The number of hydrogen-bond acceptors (Lipinski definition) is 1. The molecule has 1 rings (SSSR count). The van der Waals surface area contributed by atoms with Crippen molar-refractivity contribution in [1.82, 2.24) is 0 Å². The molecule has 2 nitrogen and oxygen atoms in total. The van der Waals surface area contributed by atoms with E-state index in [1.807, 2.05) is 0 Å². The number of nitrogens with zero attached hydrogens (tertiary/aromatic N) is 1. The van der Waals surface area contributed by atoms with Crippen molar-refractivity contribution in [3.05, 3.63) is 24.5 Å². The fraction of sp³-hybridized carbons (Fsp3) is 0.167. The minimum atomic E-state index is 0.443. The van der Waals surface area contributed by atoms with E-state index in [1.54, 1.807) is 12.1 Å². The van der Waals surface area contributed by atoms with E-state index in [2.05, 4.69) is 0 Å². The minimum Gasteiger partial charge on any atom is -0.491 e. The maximum Gasteiger partial charge on any atom is 0.260 e. The SMILES string of the molecule is COc1ccc[n+](F)c1. The Morgan fingerprint density at radius 2 is 2.44 bits per heavy atom. The van der Waals surface area contributed by atoms with Crippen molar-refractivity contribution < 1.29 is 14.0 Å². The third-order valence-corrected chi connectivity index (χ3v) is 0.975. The first-order valence-corrected chi connectivity index (χ1v) is 2.54. The van der Waals surface area contributed by atoms with Crippen LogP contribution in [0.2, 0.25) is 0 Å². The van der Waals surface area contributed by atoms with Crippen molar-refractivity contribution in [2.45, 2.75) is 0 Å². The molecule has 0 N–H and O–H groups in total. The highest BCUT2D eigenvalue weighted by Gasteiger charge is 1.98. The summed E-state index contributed by atoms with van der Waals surface area (Å²) in [5, 5.41) is 0. The first-order chi connectivity index (χ1) is 4.33. The van der Waals surface area contributed by atoms with Crippen LogP contribution in [0.15, 0.2) is 24.5 Å². The molecule has 0 fully saturated rings. The van der Waals surface area contributed by atoms with Crippen LogP contribution in [0.1, 0.15) is 0 Å². The Balaban J connectivity index is 2.94. The van der Waals surface area contributed by atoms with Crippen LogP contribution in [0.25, 0.3) is 0 Å². The Morgan fingerprint density at radius 3 is 2.89 bits per heavy atom. The van der Waals surface area contributed by atoms with Gasteiger partial charge < -0.3 is 4.74 Å². The molecule has 1 aromatic heterocycles. The highest BCUT2D eigenvalue weighted by molar-refractivity contribution is 5.11. The van der Waals surface area contributed by atoms with Gasteiger partial charge in [0.25, 0.3) is 6.20 Å². The summed E-state index contributed by atoms with van der Waals surface area (Å²) in [5.41, 5.74) is 0. The lowest BCUT2D eigenvalue weighted by Crippen LogP contribution is -2.19. The largest absolute Gasteiger partial charge is 0.491 e. The Morgan fingerprint density at radius 1 is 1.67 bits per heavy atom. The maximum atomic E-state index is 12.2. The highest BCUT2D eigenvalue weighted by Crippen LogP contribution is 2.02. The van der Waals surface area contributed by atoms with Crippen molar-refractivity contribution in [2.75, 3.05) is 7.11 Å². The van der Waals surface area contributed by atoms with Gasteiger partial charge in [0.2, 0.25) is 6.20 Å². The lowest BCUT2D eigenvalue weighted by molar-refractivity contribution is -0.844. The number of rotatable bonds is 1. The van der Waals surface area contributed by atoms with Gasteiger partial charge in [-0.3, -0.25) is 0 Å². The molecule has 0 amide bonds. The number of pyridine rings is 1. The Kier molecular flexibility index (Phi) is 1.63. The lowest BCUT2D eigenvalue weighted by Gasteiger charge is -1.90. The van der Waals surface area contributed by atoms with Gasteiger partial charge in [-0.2, -0.15) is 0 Å². The zero-order valence-electron chi connectivity index (χ0n) is 5.04. The summed E-state index contributed by atoms with van der Waals surface area (Å²) in [6.45, 7) is 0. The third kappa shape index (κ3) is 1.38. The van der Waals surface area contributed by atoms with Crippen LogP contribution < -0.4 is 9.53 Å². The molecule has 0 radical (unpaired) electrons. The predicted molar refractivity (Wildman–Crippen MR) is 29.7 cm³/mol. The first kappa shape index (κ1) is 6.01. The summed E-state index contributed by atoms with van der Waals surface area (Å²) in [6.07, 6.45) is 2.54. The summed E-state index contributed by atoms with van der Waals surface area (Å²) in [6, 6.07) is 3.24. The van der Waals surface area contributed by atoms with E-state index in [0.717, 1.165) is 0 Å². The van der Waals surface area contributed by atoms with Gasteiger partial charge in [0, 0.05) is 10.9 Å². The van der Waals surface area contributed by atoms with Crippen LogP contribution in [-0.2, 0) is 0 Å². The average Bonchev–Trinajstić information content (AvgIpc) is 1.88. The van der Waals surface area contributed by atoms with Gasteiger partial charge in [0.05, 0.1) is 11.6 Å². The van der Waals surface area contributed by atoms with E-state index in [9.17, 15) is 4.48 Å². The number of methoxy groups -OCH3 is 1. The molecule has 0 saturated carbocycles. The van der Waals surface area contributed by atoms with Gasteiger partial charge in [0.1, 0.15) is 0 Å². The monoisotopic (exact) mass is 128 g/mol. The van der Waals surface area contributed by atoms with E-state index in [0.29, 0.717) is 10.5 Å². The molecule has 0 atom stereocenters. The molecule has 0 aliphatic rings. The van der Waals surface area contributed by atoms with Gasteiger partial charge in [0.15, 0.2) is 5.75 Å². The molecule has 0 aromatic carbocycles. The van der Waals surface area contributed by atoms with Crippen molar-refractivity contribution in [3.8, 4) is 5.75 Å². The number of ether oxygens (including phenoxy) is 1. The van der Waals surface area contributed by atoms with Crippen molar-refractivity contribution >= 4 is 0 Å². The molecular weight excluding hydrogens is 121 g/mol. The number of hydrogen-bond donors (Lipinski definition) is 0. The first-order valence-electron chi connectivity index (χ1n) is 2.54. The van der Waals surface area contributed by atoms with E-state index in [4.69, 9.17) is 4.74 Å². The fourth-order valence-corrected chi connectivity index (χ4v) is 0.548. The van der Waals surface area contributed by atoms with Crippen LogP contribution in [0.3, 0.4) is 0 Å². The second-order valence-corrected chi connectivity index (χ2v) is 1.59. The normalized spacial score (nSPS) is 9.11. The van der Waals surface area contributed by atoms with Crippen LogP contribution in [0.5, 0.6) is 5.75 Å². The van der Waals surface area contributed by atoms with Gasteiger partial charge in [-0.1, -0.05) is 0 Å². The third-order valence-electron chi connectivity index (χ3n) is 0.975. The standard InChI is InChI=1S/C6H7FNO/c1-9-6-3-2-4-8(7)5-6/h2-5H,1H3/q+1. The topological polar surface area (TPSA) is 13.1 Å². The van der Waals surface area contributed by atoms with Crippen molar-refractivity contribution in [3.63, 3.8) is 0 Å². The quantitative estimate of drug-likeness (QED) is 0.543. The summed E-state index contributed by atoms with van der Waals surface area (Å²) in [7, 11) is 1.50. The molecule has 1 aromatic rings. The van der Waals surface area contributed by atoms with E-state index in [-0.39, 0.29) is 0 Å². The molecule has 48 valence electrons. The molecular formula is C6H7FNO+. The molecule has 0 aliphatic heterocycles. The Bertz CT molecular complexity index is 202. The Labute approximate surface area is 52.4 Å². The number of halogens is 1. The second-order valence-electron chi connectivity index (χ2n) is 1.59. The van der Waals surface area contributed by atoms with E-state index < -0.39 is 0 Å². The number of aromatic nitrogens is 1. The lowest BCUT2D eigenvalue weighted by atomic mass is 10.5. The van der Waals surface area contributed by atoms with Gasteiger partial charge in [-0.25, -0.2) is 0 Å². The molecule has 9 heavy (non-hydrogen) atoms. The van der Waals surface area contributed by atoms with Gasteiger partial charge in [-0.15, -0.1) is 0 Å². The zero-order valence-corrected chi connectivity index (χ0v) is 5.04. The maximum absolute atomic E-state index is 12.2. The smallest absolute Gasteiger partial charge is 0.260 e. The molecule has 0 unspecified atom stereocenters. The van der Waals surface area contributed by atoms with Crippen molar-refractivity contribution in [2.24, 2.45) is 0 Å². The summed E-state index contributed by atoms with van der Waals surface area (Å²) in [4.78, 5) is 0.443. The average molecular weight is 128 g/mol. The predicted octanol–water partition coefficient (Wildman–Crippen LogP) is 0.715. The van der Waals surface area contributed by atoms with E-state index >= 15 is 0 Å². The molecule has 1 heterocycles. The summed E-state index contributed by atoms with van der Waals surface area (Å²) < 4.78 is 16.9. The zero-order chi connectivity index (χ0) is 6.69. The minimum absolute atomic E-state index is 0.443. The van der Waals surface area contributed by atoms with Crippen LogP contribution in [0.4, 0.5) is 4.48 Å². The van der Waals surface area contributed by atoms with E-state index in [1.165, 1.54) is 19.5 Å². The molecule has 0 aliphatic carbocycles. The van der Waals surface area contributed by atoms with Crippen LogP contribution in [-0.4, -0.2) is 7.11 Å². The van der Waals surface area contributed by atoms with Gasteiger partial charge >= 0.3 is 0 Å². The summed E-state index contributed by atoms with van der Waals surface area (Å²) >= 11 is 0. The molecule has 0 spiro atoms. The van der Waals surface area contributed by atoms with Crippen LogP contribution in [0, 0.1) is 0 Å². The molecule has 0 bridgehead atoms.